The third kappa shape index (κ3) is 4.41. The van der Waals surface area contributed by atoms with Crippen LogP contribution in [0, 0.1) is 0 Å². The summed E-state index contributed by atoms with van der Waals surface area (Å²) in [5.74, 6) is -0.574. The fraction of sp³-hybridized carbons (Fsp3) is 0.450. The fourth-order valence-corrected chi connectivity index (χ4v) is 2.87. The first-order valence-electron chi connectivity index (χ1n) is 9.51. The quantitative estimate of drug-likeness (QED) is 0.545. The van der Waals surface area contributed by atoms with E-state index in [1.165, 1.54) is 10.9 Å². The van der Waals surface area contributed by atoms with Gasteiger partial charge in [-0.2, -0.15) is 0 Å². The van der Waals surface area contributed by atoms with Gasteiger partial charge in [0.2, 0.25) is 0 Å². The fourth-order valence-electron chi connectivity index (χ4n) is 2.87. The van der Waals surface area contributed by atoms with Gasteiger partial charge in [0.25, 0.3) is 0 Å². The molecule has 7 nitrogen and oxygen atoms in total. The van der Waals surface area contributed by atoms with Crippen LogP contribution in [-0.4, -0.2) is 45.9 Å². The number of rotatable bonds is 6. The smallest absolute Gasteiger partial charge is 0.461 e. The van der Waals surface area contributed by atoms with Crippen molar-refractivity contribution in [1.29, 1.82) is 0 Å². The largest absolute Gasteiger partial charge is 0.525 e. The Labute approximate surface area is 170 Å². The van der Waals surface area contributed by atoms with E-state index in [0.717, 1.165) is 0 Å². The molecule has 9 heteroatoms. The van der Waals surface area contributed by atoms with Gasteiger partial charge in [0.05, 0.1) is 30.6 Å². The summed E-state index contributed by atoms with van der Waals surface area (Å²) in [6.07, 6.45) is 1.43. The summed E-state index contributed by atoms with van der Waals surface area (Å²) in [6.45, 7) is 9.45. The lowest BCUT2D eigenvalue weighted by atomic mass is 9.82. The van der Waals surface area contributed by atoms with Gasteiger partial charge in [0.1, 0.15) is 5.73 Å². The minimum absolute atomic E-state index is 0.0479. The predicted molar refractivity (Wildman–Crippen MR) is 107 cm³/mol. The highest BCUT2D eigenvalue weighted by atomic mass is 19.1. The van der Waals surface area contributed by atoms with Crippen LogP contribution in [-0.2, 0) is 20.6 Å². The van der Waals surface area contributed by atoms with Crippen molar-refractivity contribution in [2.24, 2.45) is 0 Å². The van der Waals surface area contributed by atoms with Gasteiger partial charge in [-0.1, -0.05) is 35.5 Å². The molecular formula is C20H25BFN3O4. The molecule has 1 aliphatic heterocycles. The Morgan fingerprint density at radius 2 is 1.79 bits per heavy atom. The first-order valence-corrected chi connectivity index (χ1v) is 9.51. The van der Waals surface area contributed by atoms with Gasteiger partial charge in [-0.25, -0.2) is 13.9 Å². The van der Waals surface area contributed by atoms with E-state index < -0.39 is 30.0 Å². The zero-order valence-electron chi connectivity index (χ0n) is 17.3. The second-order valence-corrected chi connectivity index (χ2v) is 7.80. The van der Waals surface area contributed by atoms with Gasteiger partial charge in [0, 0.05) is 5.57 Å². The Kier molecular flexibility index (Phi) is 5.91. The van der Waals surface area contributed by atoms with Crippen LogP contribution in [0.2, 0.25) is 0 Å². The molecule has 1 fully saturated rings. The SMILES string of the molecule is CCOC(=O)c1cn(CC(=C(F)B2OC(C)(C)C(C)(C)O2)c2ccccc2)nn1. The van der Waals surface area contributed by atoms with Gasteiger partial charge >= 0.3 is 13.1 Å². The van der Waals surface area contributed by atoms with Crippen molar-refractivity contribution >= 4 is 18.7 Å². The molecule has 0 aliphatic carbocycles. The van der Waals surface area contributed by atoms with Crippen molar-refractivity contribution in [2.45, 2.75) is 52.4 Å². The number of carbonyl (C=O) groups is 1. The van der Waals surface area contributed by atoms with E-state index in [-0.39, 0.29) is 18.8 Å². The summed E-state index contributed by atoms with van der Waals surface area (Å²) >= 11 is 0. The molecule has 0 N–H and O–H groups in total. The Morgan fingerprint density at radius 1 is 1.17 bits per heavy atom. The lowest BCUT2D eigenvalue weighted by Crippen LogP contribution is -2.41. The van der Waals surface area contributed by atoms with Crippen LogP contribution >= 0.6 is 0 Å². The molecule has 154 valence electrons. The van der Waals surface area contributed by atoms with Gasteiger partial charge in [0.15, 0.2) is 5.69 Å². The monoisotopic (exact) mass is 401 g/mol. The number of nitrogens with zero attached hydrogens (tertiary/aromatic N) is 3. The predicted octanol–water partition coefficient (Wildman–Crippen LogP) is 3.47. The third-order valence-corrected chi connectivity index (χ3v) is 5.21. The van der Waals surface area contributed by atoms with E-state index in [9.17, 15) is 4.79 Å². The Balaban J connectivity index is 1.94. The van der Waals surface area contributed by atoms with Crippen LogP contribution in [0.4, 0.5) is 4.39 Å². The summed E-state index contributed by atoms with van der Waals surface area (Å²) in [5, 5.41) is 7.75. The van der Waals surface area contributed by atoms with E-state index in [0.29, 0.717) is 11.1 Å². The Bertz CT molecular complexity index is 895. The molecule has 1 aromatic carbocycles. The average molecular weight is 401 g/mol. The number of hydrogen-bond donors (Lipinski definition) is 0. The first-order chi connectivity index (χ1) is 13.6. The van der Waals surface area contributed by atoms with Crippen molar-refractivity contribution in [3.63, 3.8) is 0 Å². The highest BCUT2D eigenvalue weighted by molar-refractivity contribution is 6.55. The molecule has 0 amide bonds. The van der Waals surface area contributed by atoms with Gasteiger partial charge in [-0.3, -0.25) is 0 Å². The number of halogens is 1. The lowest BCUT2D eigenvalue weighted by Gasteiger charge is -2.32. The maximum absolute atomic E-state index is 15.6. The van der Waals surface area contributed by atoms with Crippen molar-refractivity contribution in [3.8, 4) is 0 Å². The van der Waals surface area contributed by atoms with Crippen LogP contribution in [0.1, 0.15) is 50.7 Å². The number of allylic oxidation sites excluding steroid dienone is 1. The number of esters is 1. The number of ether oxygens (including phenoxy) is 1. The zero-order valence-corrected chi connectivity index (χ0v) is 17.3. The van der Waals surface area contributed by atoms with Gasteiger partial charge in [-0.05, 0) is 40.2 Å². The summed E-state index contributed by atoms with van der Waals surface area (Å²) in [4.78, 5) is 11.8. The lowest BCUT2D eigenvalue weighted by molar-refractivity contribution is 0.00578. The number of hydrogen-bond acceptors (Lipinski definition) is 6. The minimum Gasteiger partial charge on any atom is -0.461 e. The molecule has 1 aliphatic rings. The molecule has 0 atom stereocenters. The van der Waals surface area contributed by atoms with E-state index in [1.54, 1.807) is 19.1 Å². The molecule has 0 saturated carbocycles. The molecule has 3 rings (SSSR count). The highest BCUT2D eigenvalue weighted by Gasteiger charge is 2.53. The van der Waals surface area contributed by atoms with Crippen molar-refractivity contribution < 1.29 is 23.2 Å². The third-order valence-electron chi connectivity index (χ3n) is 5.21. The molecule has 0 unspecified atom stereocenters. The molecule has 29 heavy (non-hydrogen) atoms. The summed E-state index contributed by atoms with van der Waals surface area (Å²) in [7, 11) is -1.14. The van der Waals surface area contributed by atoms with Crippen molar-refractivity contribution in [1.82, 2.24) is 15.0 Å². The number of carbonyl (C=O) groups excluding carboxylic acids is 1. The number of benzene rings is 1. The van der Waals surface area contributed by atoms with Gasteiger partial charge < -0.3 is 14.0 Å². The summed E-state index contributed by atoms with van der Waals surface area (Å²) < 4.78 is 33.6. The zero-order chi connectivity index (χ0) is 21.2. The van der Waals surface area contributed by atoms with Crippen molar-refractivity contribution in [2.75, 3.05) is 6.61 Å². The average Bonchev–Trinajstić information content (AvgIpc) is 3.22. The van der Waals surface area contributed by atoms with Crippen LogP contribution in [0.5, 0.6) is 0 Å². The van der Waals surface area contributed by atoms with Crippen LogP contribution in [0.3, 0.4) is 0 Å². The van der Waals surface area contributed by atoms with Crippen LogP contribution < -0.4 is 0 Å². The van der Waals surface area contributed by atoms with E-state index in [4.69, 9.17) is 14.0 Å². The minimum atomic E-state index is -1.14. The molecule has 2 aromatic rings. The molecule has 1 aromatic heterocycles. The molecule has 0 radical (unpaired) electrons. The maximum atomic E-state index is 15.6. The first kappa shape index (κ1) is 21.2. The topological polar surface area (TPSA) is 75.5 Å². The van der Waals surface area contributed by atoms with Crippen LogP contribution in [0.15, 0.2) is 42.3 Å². The molecule has 2 heterocycles. The second-order valence-electron chi connectivity index (χ2n) is 7.80. The molecule has 0 bridgehead atoms. The Hall–Kier alpha value is -2.52. The van der Waals surface area contributed by atoms with Crippen LogP contribution in [0.25, 0.3) is 5.57 Å². The normalized spacial score (nSPS) is 18.5. The molecule has 0 spiro atoms. The standard InChI is InChI=1S/C20H25BFN3O4/c1-6-27-18(26)16-13-25(24-23-16)12-15(14-10-8-7-9-11-14)17(22)21-28-19(2,3)20(4,5)29-21/h7-11,13H,6,12H2,1-5H3. The Morgan fingerprint density at radius 3 is 2.38 bits per heavy atom. The number of aromatic nitrogens is 3. The van der Waals surface area contributed by atoms with Crippen molar-refractivity contribution in [3.05, 3.63) is 53.5 Å². The van der Waals surface area contributed by atoms with E-state index in [2.05, 4.69) is 10.3 Å². The summed E-state index contributed by atoms with van der Waals surface area (Å²) in [6, 6.07) is 9.07. The van der Waals surface area contributed by atoms with E-state index in [1.807, 2.05) is 45.9 Å². The molecule has 1 saturated heterocycles. The highest BCUT2D eigenvalue weighted by Crippen LogP contribution is 2.40. The maximum Gasteiger partial charge on any atom is 0.525 e. The second kappa shape index (κ2) is 8.08. The van der Waals surface area contributed by atoms with E-state index >= 15 is 4.39 Å². The summed E-state index contributed by atoms with van der Waals surface area (Å²) in [5.41, 5.74) is -0.807. The van der Waals surface area contributed by atoms with Gasteiger partial charge in [-0.15, -0.1) is 5.10 Å². The molecular weight excluding hydrogens is 376 g/mol.